The average Bonchev–Trinajstić information content (AvgIpc) is 2.59. The second-order valence-electron chi connectivity index (χ2n) is 6.83. The summed E-state index contributed by atoms with van der Waals surface area (Å²) >= 11 is 13.4. The molecular formula is C22H20Cl2. The van der Waals surface area contributed by atoms with E-state index in [0.29, 0.717) is 0 Å². The van der Waals surface area contributed by atoms with Gasteiger partial charge in [-0.3, -0.25) is 0 Å². The van der Waals surface area contributed by atoms with Gasteiger partial charge in [0.1, 0.15) is 0 Å². The summed E-state index contributed by atoms with van der Waals surface area (Å²) in [5.41, 5.74) is 9.99. The lowest BCUT2D eigenvalue weighted by atomic mass is 9.89. The first kappa shape index (κ1) is 16.0. The topological polar surface area (TPSA) is 0 Å². The zero-order valence-electron chi connectivity index (χ0n) is 14.0. The van der Waals surface area contributed by atoms with Crippen LogP contribution in [0.2, 0.25) is 0 Å². The Bertz CT molecular complexity index is 896. The van der Waals surface area contributed by atoms with E-state index in [0.717, 1.165) is 46.9 Å². The van der Waals surface area contributed by atoms with Crippen LogP contribution in [0.25, 0.3) is 10.6 Å². The summed E-state index contributed by atoms with van der Waals surface area (Å²) in [6.07, 6.45) is 4.08. The zero-order chi connectivity index (χ0) is 16.8. The lowest BCUT2D eigenvalue weighted by Gasteiger charge is -2.16. The molecule has 2 heteroatoms. The van der Waals surface area contributed by atoms with Crippen molar-refractivity contribution in [3.63, 3.8) is 0 Å². The van der Waals surface area contributed by atoms with E-state index in [4.69, 9.17) is 23.2 Å². The van der Waals surface area contributed by atoms with Gasteiger partial charge in [0, 0.05) is 10.6 Å². The molecule has 0 fully saturated rings. The highest BCUT2D eigenvalue weighted by molar-refractivity contribution is 6.50. The average molecular weight is 355 g/mol. The molecule has 0 heterocycles. The fourth-order valence-corrected chi connectivity index (χ4v) is 4.46. The van der Waals surface area contributed by atoms with Gasteiger partial charge in [-0.25, -0.2) is 0 Å². The molecule has 0 atom stereocenters. The van der Waals surface area contributed by atoms with E-state index in [9.17, 15) is 0 Å². The summed E-state index contributed by atoms with van der Waals surface area (Å²) in [5.74, 6) is 0. The van der Waals surface area contributed by atoms with Crippen LogP contribution in [-0.4, -0.2) is 0 Å². The fraction of sp³-hybridized carbons (Fsp3) is 0.273. The van der Waals surface area contributed by atoms with Gasteiger partial charge in [0.25, 0.3) is 0 Å². The van der Waals surface area contributed by atoms with Gasteiger partial charge in [0.15, 0.2) is 0 Å². The predicted molar refractivity (Wildman–Crippen MR) is 105 cm³/mol. The van der Waals surface area contributed by atoms with Crippen molar-refractivity contribution in [2.45, 2.75) is 39.5 Å². The monoisotopic (exact) mass is 354 g/mol. The van der Waals surface area contributed by atoms with Crippen LogP contribution in [0, 0.1) is 0 Å². The Balaban J connectivity index is 2.15. The minimum atomic E-state index is 0.808. The van der Waals surface area contributed by atoms with Gasteiger partial charge in [-0.15, -0.1) is 0 Å². The van der Waals surface area contributed by atoms with Crippen LogP contribution in [0.15, 0.2) is 47.0 Å². The molecule has 4 bridgehead atoms. The van der Waals surface area contributed by atoms with Crippen molar-refractivity contribution in [3.05, 3.63) is 80.4 Å². The largest absolute Gasteiger partial charge is 0.0888 e. The lowest BCUT2D eigenvalue weighted by molar-refractivity contribution is 0.917. The Hall–Kier alpha value is -1.50. The van der Waals surface area contributed by atoms with Crippen LogP contribution in [0.1, 0.15) is 47.2 Å². The molecule has 0 N–H and O–H groups in total. The summed E-state index contributed by atoms with van der Waals surface area (Å²) in [6, 6.07) is 13.7. The first-order chi connectivity index (χ1) is 11.5. The van der Waals surface area contributed by atoms with Crippen molar-refractivity contribution in [1.82, 2.24) is 0 Å². The highest BCUT2D eigenvalue weighted by Gasteiger charge is 2.21. The number of aryl methyl sites for hydroxylation is 4. The first-order valence-corrected chi connectivity index (χ1v) is 9.27. The van der Waals surface area contributed by atoms with Crippen molar-refractivity contribution in [2.24, 2.45) is 0 Å². The van der Waals surface area contributed by atoms with E-state index in [-0.39, 0.29) is 0 Å². The Morgan fingerprint density at radius 1 is 0.833 bits per heavy atom. The summed E-state index contributed by atoms with van der Waals surface area (Å²) in [7, 11) is 0. The molecule has 122 valence electrons. The Labute approximate surface area is 153 Å². The third kappa shape index (κ3) is 2.62. The van der Waals surface area contributed by atoms with Gasteiger partial charge in [-0.1, -0.05) is 53.5 Å². The van der Waals surface area contributed by atoms with E-state index < -0.39 is 0 Å². The maximum absolute atomic E-state index is 6.89. The van der Waals surface area contributed by atoms with E-state index in [1.165, 1.54) is 33.4 Å². The standard InChI is InChI=1S/C22H20Cl2/c1-13-21(14(2)23)19-11-15-3-4-16-6-8-18(20(12-16)22(13)24)10-9-17(19)7-5-15/h5-8,11-12H,3-4,9-10H2,1-2H3/b21-14-,22-13+. The van der Waals surface area contributed by atoms with Gasteiger partial charge >= 0.3 is 0 Å². The van der Waals surface area contributed by atoms with Gasteiger partial charge in [-0.2, -0.15) is 0 Å². The summed E-state index contributed by atoms with van der Waals surface area (Å²) in [5, 5.41) is 1.64. The molecule has 24 heavy (non-hydrogen) atoms. The second kappa shape index (κ2) is 6.10. The minimum Gasteiger partial charge on any atom is -0.0888 e. The SMILES string of the molecule is C/C(Cl)=C1\C(C)=C(\Cl)c2cc3ccc2CCc2ccc(cc21)CC3. The smallest absolute Gasteiger partial charge is 0.0517 e. The Morgan fingerprint density at radius 2 is 1.38 bits per heavy atom. The van der Waals surface area contributed by atoms with Crippen molar-refractivity contribution in [1.29, 1.82) is 0 Å². The van der Waals surface area contributed by atoms with Crippen LogP contribution in [0.3, 0.4) is 0 Å². The number of allylic oxidation sites excluding steroid dienone is 3. The molecule has 2 aliphatic rings. The third-order valence-corrected chi connectivity index (χ3v) is 5.95. The van der Waals surface area contributed by atoms with Gasteiger partial charge in [0.05, 0.1) is 5.03 Å². The van der Waals surface area contributed by atoms with Crippen molar-refractivity contribution >= 4 is 33.8 Å². The predicted octanol–water partition coefficient (Wildman–Crippen LogP) is 6.52. The summed E-state index contributed by atoms with van der Waals surface area (Å²) in [4.78, 5) is 0. The van der Waals surface area contributed by atoms with Crippen LogP contribution >= 0.6 is 23.2 Å². The molecule has 0 saturated carbocycles. The molecular weight excluding hydrogens is 335 g/mol. The number of halogens is 2. The molecule has 0 saturated heterocycles. The molecule has 2 aromatic carbocycles. The van der Waals surface area contributed by atoms with Crippen LogP contribution in [-0.2, 0) is 25.7 Å². The molecule has 4 rings (SSSR count). The van der Waals surface area contributed by atoms with E-state index in [1.54, 1.807) is 0 Å². The maximum atomic E-state index is 6.89. The number of fused-ring (bicyclic) bond motifs is 3. The summed E-state index contributed by atoms with van der Waals surface area (Å²) < 4.78 is 0. The number of hydrogen-bond donors (Lipinski definition) is 0. The number of rotatable bonds is 0. The van der Waals surface area contributed by atoms with E-state index in [1.807, 2.05) is 6.92 Å². The Kier molecular flexibility index (Phi) is 4.06. The number of hydrogen-bond acceptors (Lipinski definition) is 0. The molecule has 0 nitrogen and oxygen atoms in total. The normalized spacial score (nSPS) is 21.5. The summed E-state index contributed by atoms with van der Waals surface area (Å²) in [6.45, 7) is 4.07. The Morgan fingerprint density at radius 3 is 1.96 bits per heavy atom. The van der Waals surface area contributed by atoms with Crippen molar-refractivity contribution in [3.8, 4) is 0 Å². The molecule has 0 unspecified atom stereocenters. The molecule has 0 radical (unpaired) electrons. The highest BCUT2D eigenvalue weighted by Crippen LogP contribution is 2.41. The third-order valence-electron chi connectivity index (χ3n) is 5.27. The van der Waals surface area contributed by atoms with Crippen LogP contribution in [0.5, 0.6) is 0 Å². The molecule has 0 amide bonds. The lowest BCUT2D eigenvalue weighted by Crippen LogP contribution is -2.02. The van der Waals surface area contributed by atoms with E-state index in [2.05, 4.69) is 43.3 Å². The van der Waals surface area contributed by atoms with Crippen molar-refractivity contribution in [2.75, 3.05) is 0 Å². The fourth-order valence-electron chi connectivity index (χ4n) is 3.95. The maximum Gasteiger partial charge on any atom is 0.0517 e. The quantitative estimate of drug-likeness (QED) is 0.504. The number of benzene rings is 2. The molecule has 2 aromatic rings. The first-order valence-electron chi connectivity index (χ1n) is 8.52. The van der Waals surface area contributed by atoms with Gasteiger partial charge < -0.3 is 0 Å². The zero-order valence-corrected chi connectivity index (χ0v) is 15.6. The molecule has 0 aliphatic heterocycles. The highest BCUT2D eigenvalue weighted by atomic mass is 35.5. The van der Waals surface area contributed by atoms with Crippen molar-refractivity contribution < 1.29 is 0 Å². The van der Waals surface area contributed by atoms with Gasteiger partial charge in [0.2, 0.25) is 0 Å². The second-order valence-corrected chi connectivity index (χ2v) is 7.78. The van der Waals surface area contributed by atoms with Crippen LogP contribution in [0.4, 0.5) is 0 Å². The van der Waals surface area contributed by atoms with Gasteiger partial charge in [-0.05, 0) is 84.6 Å². The minimum absolute atomic E-state index is 0.808. The van der Waals surface area contributed by atoms with Crippen LogP contribution < -0.4 is 0 Å². The molecule has 0 spiro atoms. The molecule has 2 aliphatic carbocycles. The molecule has 0 aromatic heterocycles. The van der Waals surface area contributed by atoms with E-state index >= 15 is 0 Å².